The number of nitrogens with one attached hydrogen (secondary N) is 1. The summed E-state index contributed by atoms with van der Waals surface area (Å²) >= 11 is 0. The average molecular weight is 151 g/mol. The average Bonchev–Trinajstić information content (AvgIpc) is 2.36. The third kappa shape index (κ3) is 1.49. The molecule has 1 N–H and O–H groups in total. The summed E-state index contributed by atoms with van der Waals surface area (Å²) in [4.78, 5) is 10.9. The van der Waals surface area contributed by atoms with E-state index in [9.17, 15) is 4.79 Å². The van der Waals surface area contributed by atoms with Gasteiger partial charge >= 0.3 is 5.69 Å². The smallest absolute Gasteiger partial charge is 0.278 e. The molecule has 0 saturated heterocycles. The number of hydrogen-bond donors (Lipinski definition) is 1. The molecule has 1 rings (SSSR count). The van der Waals surface area contributed by atoms with Crippen LogP contribution < -0.4 is 5.69 Å². The number of hydrogen-bond acceptors (Lipinski definition) is 2. The number of rotatable bonds is 2. The first kappa shape index (κ1) is 7.61. The molecule has 1 aromatic rings. The van der Waals surface area contributed by atoms with Crippen molar-refractivity contribution in [3.63, 3.8) is 0 Å². The number of nitrogens with zero attached hydrogens (tertiary/aromatic N) is 2. The summed E-state index contributed by atoms with van der Waals surface area (Å²) in [6, 6.07) is 0.0197. The van der Waals surface area contributed by atoms with Gasteiger partial charge < -0.3 is 0 Å². The van der Waals surface area contributed by atoms with Crippen LogP contribution in [0.2, 0.25) is 0 Å². The van der Waals surface area contributed by atoms with Crippen molar-refractivity contribution < 1.29 is 0 Å². The largest absolute Gasteiger partial charge is 0.343 e. The Morgan fingerprint density at radius 3 is 3.18 bits per heavy atom. The maximum absolute atomic E-state index is 10.9. The molecule has 0 fully saturated rings. The molecule has 0 aromatic carbocycles. The molecule has 0 spiro atoms. The van der Waals surface area contributed by atoms with Crippen LogP contribution in [-0.4, -0.2) is 14.8 Å². The number of terminal acetylenes is 1. The first-order chi connectivity index (χ1) is 5.25. The molecular formula is C7H9N3O. The zero-order valence-electron chi connectivity index (χ0n) is 6.24. The Hall–Kier alpha value is -1.50. The van der Waals surface area contributed by atoms with Crippen molar-refractivity contribution in [2.75, 3.05) is 0 Å². The van der Waals surface area contributed by atoms with Crippen molar-refractivity contribution in [2.45, 2.75) is 19.4 Å². The highest BCUT2D eigenvalue weighted by Gasteiger charge is 2.04. The van der Waals surface area contributed by atoms with Crippen molar-refractivity contribution in [3.8, 4) is 12.3 Å². The molecule has 4 heteroatoms. The topological polar surface area (TPSA) is 50.7 Å². The molecule has 0 amide bonds. The van der Waals surface area contributed by atoms with Crippen LogP contribution in [0.5, 0.6) is 0 Å². The molecule has 0 saturated carbocycles. The minimum absolute atomic E-state index is 0.0197. The lowest BCUT2D eigenvalue weighted by molar-refractivity contribution is 0.544. The fourth-order valence-corrected chi connectivity index (χ4v) is 0.839. The van der Waals surface area contributed by atoms with Crippen LogP contribution in [0, 0.1) is 12.3 Å². The Morgan fingerprint density at radius 1 is 2.00 bits per heavy atom. The predicted octanol–water partition coefficient (Wildman–Crippen LogP) is 0.156. The molecule has 58 valence electrons. The standard InChI is InChI=1S/C7H9N3O/c1-3-4-6(2)10-5-8-9-7(10)11/h1,5-6H,4H2,2H3,(H,9,11). The molecule has 1 unspecified atom stereocenters. The van der Waals surface area contributed by atoms with Gasteiger partial charge in [-0.15, -0.1) is 12.3 Å². The predicted molar refractivity (Wildman–Crippen MR) is 41.0 cm³/mol. The minimum Gasteiger partial charge on any atom is -0.278 e. The molecule has 0 aliphatic rings. The summed E-state index contributed by atoms with van der Waals surface area (Å²) < 4.78 is 1.47. The third-order valence-electron chi connectivity index (χ3n) is 1.46. The second-order valence-electron chi connectivity index (χ2n) is 2.33. The van der Waals surface area contributed by atoms with E-state index in [1.54, 1.807) is 0 Å². The van der Waals surface area contributed by atoms with Gasteiger partial charge in [-0.3, -0.25) is 4.57 Å². The Balaban J connectivity index is 2.86. The fourth-order valence-electron chi connectivity index (χ4n) is 0.839. The Kier molecular flexibility index (Phi) is 2.12. The highest BCUT2D eigenvalue weighted by Crippen LogP contribution is 2.03. The first-order valence-electron chi connectivity index (χ1n) is 3.30. The molecule has 0 aliphatic heterocycles. The maximum Gasteiger partial charge on any atom is 0.343 e. The Bertz CT molecular complexity index is 317. The van der Waals surface area contributed by atoms with Crippen molar-refractivity contribution >= 4 is 0 Å². The van der Waals surface area contributed by atoms with Crippen molar-refractivity contribution in [2.24, 2.45) is 0 Å². The van der Waals surface area contributed by atoms with Gasteiger partial charge in [0, 0.05) is 12.5 Å². The van der Waals surface area contributed by atoms with Crippen LogP contribution in [0.1, 0.15) is 19.4 Å². The zero-order valence-corrected chi connectivity index (χ0v) is 6.24. The van der Waals surface area contributed by atoms with Crippen LogP contribution in [0.3, 0.4) is 0 Å². The van der Waals surface area contributed by atoms with Gasteiger partial charge in [0.05, 0.1) is 0 Å². The molecule has 4 nitrogen and oxygen atoms in total. The van der Waals surface area contributed by atoms with Crippen LogP contribution in [-0.2, 0) is 0 Å². The summed E-state index contributed by atoms with van der Waals surface area (Å²) in [7, 11) is 0. The van der Waals surface area contributed by atoms with Crippen LogP contribution in [0.25, 0.3) is 0 Å². The SMILES string of the molecule is C#CCC(C)n1cn[nH]c1=O. The summed E-state index contributed by atoms with van der Waals surface area (Å²) in [5.41, 5.74) is -0.215. The van der Waals surface area contributed by atoms with Gasteiger partial charge in [0.15, 0.2) is 0 Å². The van der Waals surface area contributed by atoms with Crippen molar-refractivity contribution in [1.82, 2.24) is 14.8 Å². The lowest BCUT2D eigenvalue weighted by atomic mass is 10.2. The molecule has 1 aromatic heterocycles. The molecule has 11 heavy (non-hydrogen) atoms. The quantitative estimate of drug-likeness (QED) is 0.612. The Morgan fingerprint density at radius 2 is 2.73 bits per heavy atom. The van der Waals surface area contributed by atoms with E-state index in [1.165, 1.54) is 10.9 Å². The van der Waals surface area contributed by atoms with Crippen LogP contribution >= 0.6 is 0 Å². The van der Waals surface area contributed by atoms with Gasteiger partial charge in [0.25, 0.3) is 0 Å². The van der Waals surface area contributed by atoms with E-state index in [0.29, 0.717) is 6.42 Å². The normalized spacial score (nSPS) is 12.4. The second kappa shape index (κ2) is 3.06. The van der Waals surface area contributed by atoms with E-state index in [4.69, 9.17) is 6.42 Å². The monoisotopic (exact) mass is 151 g/mol. The molecule has 0 radical (unpaired) electrons. The van der Waals surface area contributed by atoms with E-state index in [1.807, 2.05) is 6.92 Å². The van der Waals surface area contributed by atoms with Crippen LogP contribution in [0.15, 0.2) is 11.1 Å². The number of aromatic amines is 1. The lowest BCUT2D eigenvalue weighted by Gasteiger charge is -2.05. The first-order valence-corrected chi connectivity index (χ1v) is 3.30. The van der Waals surface area contributed by atoms with Gasteiger partial charge in [-0.25, -0.2) is 9.89 Å². The fraction of sp³-hybridized carbons (Fsp3) is 0.429. The van der Waals surface area contributed by atoms with Gasteiger partial charge in [-0.2, -0.15) is 5.10 Å². The van der Waals surface area contributed by atoms with Gasteiger partial charge in [-0.05, 0) is 6.92 Å². The zero-order chi connectivity index (χ0) is 8.27. The summed E-state index contributed by atoms with van der Waals surface area (Å²) in [5.74, 6) is 2.48. The van der Waals surface area contributed by atoms with Crippen LogP contribution in [0.4, 0.5) is 0 Å². The van der Waals surface area contributed by atoms with E-state index >= 15 is 0 Å². The van der Waals surface area contributed by atoms with E-state index in [2.05, 4.69) is 16.1 Å². The highest BCUT2D eigenvalue weighted by atomic mass is 16.1. The minimum atomic E-state index is -0.215. The summed E-state index contributed by atoms with van der Waals surface area (Å²) in [5, 5.41) is 5.88. The summed E-state index contributed by atoms with van der Waals surface area (Å²) in [6.07, 6.45) is 7.08. The van der Waals surface area contributed by atoms with E-state index in [-0.39, 0.29) is 11.7 Å². The van der Waals surface area contributed by atoms with Gasteiger partial charge in [0.1, 0.15) is 6.33 Å². The summed E-state index contributed by atoms with van der Waals surface area (Å²) in [6.45, 7) is 1.87. The molecule has 1 atom stereocenters. The maximum atomic E-state index is 10.9. The second-order valence-corrected chi connectivity index (χ2v) is 2.33. The molecule has 1 heterocycles. The molecular weight excluding hydrogens is 142 g/mol. The van der Waals surface area contributed by atoms with Gasteiger partial charge in [-0.1, -0.05) is 0 Å². The molecule has 0 aliphatic carbocycles. The Labute approximate surface area is 64.2 Å². The number of aromatic nitrogens is 3. The van der Waals surface area contributed by atoms with E-state index < -0.39 is 0 Å². The lowest BCUT2D eigenvalue weighted by Crippen LogP contribution is -2.19. The van der Waals surface area contributed by atoms with Gasteiger partial charge in [0.2, 0.25) is 0 Å². The number of H-pyrrole nitrogens is 1. The van der Waals surface area contributed by atoms with Crippen molar-refractivity contribution in [1.29, 1.82) is 0 Å². The highest BCUT2D eigenvalue weighted by molar-refractivity contribution is 4.88. The van der Waals surface area contributed by atoms with E-state index in [0.717, 1.165) is 0 Å². The van der Waals surface area contributed by atoms with Crippen molar-refractivity contribution in [3.05, 3.63) is 16.8 Å². The third-order valence-corrected chi connectivity index (χ3v) is 1.46. The molecule has 0 bridgehead atoms.